The van der Waals surface area contributed by atoms with Crippen molar-refractivity contribution in [1.82, 2.24) is 9.55 Å². The summed E-state index contributed by atoms with van der Waals surface area (Å²) in [6, 6.07) is 0.109. The minimum atomic E-state index is -0.823. The Kier molecular flexibility index (Phi) is 5.23. The second-order valence-corrected chi connectivity index (χ2v) is 9.53. The van der Waals surface area contributed by atoms with Crippen LogP contribution < -0.4 is 10.3 Å². The Labute approximate surface area is 169 Å². The summed E-state index contributed by atoms with van der Waals surface area (Å²) in [4.78, 5) is 40.4. The van der Waals surface area contributed by atoms with Gasteiger partial charge < -0.3 is 18.9 Å². The maximum Gasteiger partial charge on any atom is 0.311 e. The van der Waals surface area contributed by atoms with E-state index in [9.17, 15) is 14.4 Å². The Morgan fingerprint density at radius 3 is 2.34 bits per heavy atom. The molecule has 0 bridgehead atoms. The molecule has 9 heteroatoms. The number of esters is 2. The molecule has 1 saturated heterocycles. The van der Waals surface area contributed by atoms with Gasteiger partial charge in [0.15, 0.2) is 18.4 Å². The van der Waals surface area contributed by atoms with Crippen molar-refractivity contribution in [3.8, 4) is 6.01 Å². The van der Waals surface area contributed by atoms with E-state index in [2.05, 4.69) is 4.98 Å². The normalized spacial score (nSPS) is 25.8. The molecule has 1 aromatic rings. The van der Waals surface area contributed by atoms with Gasteiger partial charge in [0.25, 0.3) is 5.56 Å². The summed E-state index contributed by atoms with van der Waals surface area (Å²) in [7, 11) is 0. The van der Waals surface area contributed by atoms with Crippen molar-refractivity contribution in [3.05, 3.63) is 22.1 Å². The molecule has 0 spiro atoms. The van der Waals surface area contributed by atoms with Crippen LogP contribution in [0.15, 0.2) is 11.0 Å². The van der Waals surface area contributed by atoms with Crippen molar-refractivity contribution in [2.24, 2.45) is 10.8 Å². The minimum Gasteiger partial charge on any atom is -0.462 e. The second-order valence-electron chi connectivity index (χ2n) is 9.53. The van der Waals surface area contributed by atoms with Gasteiger partial charge in [-0.2, -0.15) is 4.98 Å². The van der Waals surface area contributed by atoms with Gasteiger partial charge in [-0.3, -0.25) is 19.0 Å². The fourth-order valence-corrected chi connectivity index (χ4v) is 2.95. The number of fused-ring (bicyclic) bond motifs is 3. The molecule has 29 heavy (non-hydrogen) atoms. The van der Waals surface area contributed by atoms with Crippen LogP contribution in [0.5, 0.6) is 6.01 Å². The summed E-state index contributed by atoms with van der Waals surface area (Å²) < 4.78 is 24.6. The van der Waals surface area contributed by atoms with Crippen LogP contribution in [0.1, 0.15) is 53.3 Å². The van der Waals surface area contributed by atoms with Crippen LogP contribution >= 0.6 is 0 Å². The molecule has 1 fully saturated rings. The molecule has 3 heterocycles. The fourth-order valence-electron chi connectivity index (χ4n) is 2.95. The maximum atomic E-state index is 12.5. The lowest BCUT2D eigenvalue weighted by atomic mass is 9.97. The Morgan fingerprint density at radius 1 is 1.14 bits per heavy atom. The smallest absolute Gasteiger partial charge is 0.311 e. The van der Waals surface area contributed by atoms with Crippen LogP contribution in [0.2, 0.25) is 0 Å². The van der Waals surface area contributed by atoms with Crippen molar-refractivity contribution in [1.29, 1.82) is 0 Å². The molecule has 3 rings (SSSR count). The Hall–Kier alpha value is -2.42. The van der Waals surface area contributed by atoms with Crippen molar-refractivity contribution in [2.45, 2.75) is 73.0 Å². The van der Waals surface area contributed by atoms with Gasteiger partial charge in [-0.25, -0.2) is 0 Å². The lowest BCUT2D eigenvalue weighted by Crippen LogP contribution is -2.43. The van der Waals surface area contributed by atoms with Gasteiger partial charge in [0.05, 0.1) is 10.8 Å². The zero-order chi connectivity index (χ0) is 21.7. The molecule has 0 radical (unpaired) electrons. The maximum absolute atomic E-state index is 12.5. The van der Waals surface area contributed by atoms with Gasteiger partial charge in [0.2, 0.25) is 0 Å². The van der Waals surface area contributed by atoms with Crippen LogP contribution in [0.25, 0.3) is 0 Å². The number of carbonyl (C=O) groups is 2. The van der Waals surface area contributed by atoms with Gasteiger partial charge in [-0.1, -0.05) is 0 Å². The van der Waals surface area contributed by atoms with Crippen molar-refractivity contribution < 1.29 is 28.5 Å². The zero-order valence-corrected chi connectivity index (χ0v) is 17.8. The first-order chi connectivity index (χ1) is 13.3. The largest absolute Gasteiger partial charge is 0.462 e. The highest BCUT2D eigenvalue weighted by Crippen LogP contribution is 2.41. The SMILES string of the molecule is Cc1cn2c(nc1=O)O[C@H]1[C@H](OC(=O)C(C)(C)C)[C@@H](COC(=O)C(C)(C)C)O[C@H]12. The second kappa shape index (κ2) is 7.12. The Bertz CT molecular complexity index is 878. The average Bonchev–Trinajstić information content (AvgIpc) is 3.08. The number of rotatable bonds is 3. The van der Waals surface area contributed by atoms with Crippen molar-refractivity contribution in [3.63, 3.8) is 0 Å². The van der Waals surface area contributed by atoms with Crippen LogP contribution in [-0.2, 0) is 23.8 Å². The van der Waals surface area contributed by atoms with Gasteiger partial charge >= 0.3 is 17.9 Å². The molecule has 0 aliphatic carbocycles. The van der Waals surface area contributed by atoms with Crippen LogP contribution in [-0.4, -0.2) is 46.4 Å². The van der Waals surface area contributed by atoms with Gasteiger partial charge in [-0.15, -0.1) is 0 Å². The Balaban J connectivity index is 1.85. The molecule has 2 aliphatic rings. The minimum absolute atomic E-state index is 0.0868. The van der Waals surface area contributed by atoms with E-state index >= 15 is 0 Å². The number of hydrogen-bond acceptors (Lipinski definition) is 8. The molecule has 0 aromatic carbocycles. The van der Waals surface area contributed by atoms with E-state index in [1.165, 1.54) is 0 Å². The summed E-state index contributed by atoms with van der Waals surface area (Å²) >= 11 is 0. The summed E-state index contributed by atoms with van der Waals surface area (Å²) in [6.45, 7) is 12.0. The molecule has 0 unspecified atom stereocenters. The fraction of sp³-hybridized carbons (Fsp3) is 0.700. The third-order valence-corrected chi connectivity index (χ3v) is 4.74. The molecular formula is C20H28N2O7. The first-order valence-electron chi connectivity index (χ1n) is 9.59. The topological polar surface area (TPSA) is 106 Å². The molecule has 1 aromatic heterocycles. The average molecular weight is 408 g/mol. The highest BCUT2D eigenvalue weighted by atomic mass is 16.7. The lowest BCUT2D eigenvalue weighted by Gasteiger charge is -2.26. The number of carbonyl (C=O) groups excluding carboxylic acids is 2. The summed E-state index contributed by atoms with van der Waals surface area (Å²) in [5.41, 5.74) is -1.36. The monoisotopic (exact) mass is 408 g/mol. The summed E-state index contributed by atoms with van der Waals surface area (Å²) in [6.07, 6.45) is -1.28. The van der Waals surface area contributed by atoms with Crippen molar-refractivity contribution >= 4 is 11.9 Å². The standard InChI is InChI=1S/C20H28N2O7/c1-10-8-22-15-13(29-18(22)21-14(10)23)12(28-17(25)20(5,6)7)11(27-15)9-26-16(24)19(2,3)4/h8,11-13,15H,9H2,1-7H3/t11-,12-,13+,15-/m1/s1. The Morgan fingerprint density at radius 2 is 1.76 bits per heavy atom. The van der Waals surface area contributed by atoms with Gasteiger partial charge in [-0.05, 0) is 48.5 Å². The van der Waals surface area contributed by atoms with E-state index in [4.69, 9.17) is 18.9 Å². The zero-order valence-electron chi connectivity index (χ0n) is 17.8. The van der Waals surface area contributed by atoms with Gasteiger partial charge in [0, 0.05) is 11.8 Å². The molecule has 160 valence electrons. The molecule has 2 aliphatic heterocycles. The predicted octanol–water partition coefficient (Wildman–Crippen LogP) is 1.76. The molecule has 0 amide bonds. The number of aryl methyl sites for hydroxylation is 1. The third-order valence-electron chi connectivity index (χ3n) is 4.74. The predicted molar refractivity (Wildman–Crippen MR) is 101 cm³/mol. The van der Waals surface area contributed by atoms with E-state index in [1.54, 1.807) is 59.2 Å². The molecule has 9 nitrogen and oxygen atoms in total. The highest BCUT2D eigenvalue weighted by Gasteiger charge is 2.55. The van der Waals surface area contributed by atoms with Crippen LogP contribution in [0.3, 0.4) is 0 Å². The molecule has 0 N–H and O–H groups in total. The summed E-state index contributed by atoms with van der Waals surface area (Å²) in [5.74, 6) is -0.821. The number of hydrogen-bond donors (Lipinski definition) is 0. The van der Waals surface area contributed by atoms with E-state index in [-0.39, 0.29) is 18.6 Å². The number of ether oxygens (including phenoxy) is 4. The van der Waals surface area contributed by atoms with E-state index in [1.807, 2.05) is 0 Å². The van der Waals surface area contributed by atoms with Crippen LogP contribution in [0.4, 0.5) is 0 Å². The first kappa shape index (κ1) is 21.3. The van der Waals surface area contributed by atoms with E-state index < -0.39 is 46.9 Å². The quantitative estimate of drug-likeness (QED) is 0.697. The molecule has 0 saturated carbocycles. The third kappa shape index (κ3) is 4.14. The first-order valence-corrected chi connectivity index (χ1v) is 9.59. The van der Waals surface area contributed by atoms with E-state index in [0.717, 1.165) is 0 Å². The summed E-state index contributed by atoms with van der Waals surface area (Å²) in [5, 5.41) is 0. The van der Waals surface area contributed by atoms with Gasteiger partial charge in [0.1, 0.15) is 12.7 Å². The molecule has 4 atom stereocenters. The number of nitrogens with zero attached hydrogens (tertiary/aromatic N) is 2. The van der Waals surface area contributed by atoms with Crippen molar-refractivity contribution in [2.75, 3.05) is 6.61 Å². The van der Waals surface area contributed by atoms with E-state index in [0.29, 0.717) is 5.56 Å². The molecular weight excluding hydrogens is 380 g/mol. The van der Waals surface area contributed by atoms with Crippen LogP contribution in [0, 0.1) is 17.8 Å². The highest BCUT2D eigenvalue weighted by molar-refractivity contribution is 5.76. The number of aromatic nitrogens is 2. The lowest BCUT2D eigenvalue weighted by molar-refractivity contribution is -0.170.